The summed E-state index contributed by atoms with van der Waals surface area (Å²) in [6, 6.07) is 5.37. The third kappa shape index (κ3) is 3.73. The molecule has 1 aromatic carbocycles. The molecule has 2 unspecified atom stereocenters. The van der Waals surface area contributed by atoms with Crippen LogP contribution in [0.15, 0.2) is 18.2 Å². The molecule has 110 valence electrons. The van der Waals surface area contributed by atoms with Gasteiger partial charge >= 0.3 is 0 Å². The fraction of sp³-hybridized carbons (Fsp3) is 0.500. The molecule has 20 heavy (non-hydrogen) atoms. The van der Waals surface area contributed by atoms with E-state index in [-0.39, 0.29) is 23.8 Å². The molecule has 1 aliphatic heterocycles. The molecule has 0 saturated carbocycles. The zero-order valence-electron chi connectivity index (χ0n) is 11.5. The molecule has 1 heterocycles. The first kappa shape index (κ1) is 15.3. The topological polar surface area (TPSA) is 63.2 Å². The minimum absolute atomic E-state index is 0.0663. The van der Waals surface area contributed by atoms with E-state index in [1.54, 1.807) is 0 Å². The van der Waals surface area contributed by atoms with Crippen molar-refractivity contribution >= 4 is 27.3 Å². The number of benzene rings is 1. The maximum absolute atomic E-state index is 12.0. The number of halogens is 1. The van der Waals surface area contributed by atoms with E-state index in [2.05, 4.69) is 5.32 Å². The van der Waals surface area contributed by atoms with Gasteiger partial charge < -0.3 is 5.32 Å². The van der Waals surface area contributed by atoms with Crippen molar-refractivity contribution in [3.63, 3.8) is 0 Å². The molecule has 1 saturated heterocycles. The number of carbonyl (C=O) groups is 1. The highest BCUT2D eigenvalue weighted by Gasteiger charge is 2.37. The third-order valence-corrected chi connectivity index (χ3v) is 5.94. The Balaban J connectivity index is 1.97. The van der Waals surface area contributed by atoms with Gasteiger partial charge in [0, 0.05) is 0 Å². The molecule has 4 nitrogen and oxygen atoms in total. The van der Waals surface area contributed by atoms with Crippen molar-refractivity contribution in [3.8, 4) is 0 Å². The molecule has 1 amide bonds. The van der Waals surface area contributed by atoms with E-state index in [0.29, 0.717) is 0 Å². The van der Waals surface area contributed by atoms with Crippen molar-refractivity contribution in [2.24, 2.45) is 0 Å². The van der Waals surface area contributed by atoms with Crippen molar-refractivity contribution in [1.82, 2.24) is 5.32 Å². The van der Waals surface area contributed by atoms with Crippen LogP contribution in [0.4, 0.5) is 0 Å². The number of amides is 1. The van der Waals surface area contributed by atoms with Gasteiger partial charge in [0.15, 0.2) is 9.84 Å². The van der Waals surface area contributed by atoms with Crippen LogP contribution in [0.1, 0.15) is 16.7 Å². The second kappa shape index (κ2) is 5.74. The fourth-order valence-electron chi connectivity index (χ4n) is 2.29. The van der Waals surface area contributed by atoms with Crippen LogP contribution < -0.4 is 5.32 Å². The Hall–Kier alpha value is -1.07. The SMILES string of the molecule is Cc1ccc(CC(=O)NC2CS(=O)(=O)CC2Cl)cc1C. The summed E-state index contributed by atoms with van der Waals surface area (Å²) >= 11 is 5.96. The van der Waals surface area contributed by atoms with Gasteiger partial charge in [-0.3, -0.25) is 4.79 Å². The Labute approximate surface area is 124 Å². The van der Waals surface area contributed by atoms with Gasteiger partial charge in [0.05, 0.1) is 29.3 Å². The molecule has 1 aliphatic rings. The molecule has 0 radical (unpaired) electrons. The average molecular weight is 316 g/mol. The van der Waals surface area contributed by atoms with Crippen molar-refractivity contribution in [3.05, 3.63) is 34.9 Å². The summed E-state index contributed by atoms with van der Waals surface area (Å²) in [7, 11) is -3.12. The van der Waals surface area contributed by atoms with E-state index in [1.807, 2.05) is 32.0 Å². The number of rotatable bonds is 3. The standard InChI is InChI=1S/C14H18ClNO3S/c1-9-3-4-11(5-10(9)2)6-14(17)16-13-8-20(18,19)7-12(13)15/h3-5,12-13H,6-8H2,1-2H3,(H,16,17). The number of hydrogen-bond acceptors (Lipinski definition) is 3. The molecule has 0 aliphatic carbocycles. The van der Waals surface area contributed by atoms with Crippen LogP contribution in [0.25, 0.3) is 0 Å². The summed E-state index contributed by atoms with van der Waals surface area (Å²) in [5.41, 5.74) is 3.23. The van der Waals surface area contributed by atoms with Gasteiger partial charge in [0.1, 0.15) is 0 Å². The smallest absolute Gasteiger partial charge is 0.224 e. The minimum atomic E-state index is -3.12. The summed E-state index contributed by atoms with van der Waals surface area (Å²) < 4.78 is 22.9. The van der Waals surface area contributed by atoms with Gasteiger partial charge in [-0.15, -0.1) is 11.6 Å². The number of hydrogen-bond donors (Lipinski definition) is 1. The molecule has 1 aromatic rings. The normalized spacial score (nSPS) is 24.6. The van der Waals surface area contributed by atoms with E-state index < -0.39 is 21.3 Å². The zero-order valence-corrected chi connectivity index (χ0v) is 13.1. The highest BCUT2D eigenvalue weighted by molar-refractivity contribution is 7.91. The molecule has 1 fully saturated rings. The van der Waals surface area contributed by atoms with Crippen LogP contribution in [0.2, 0.25) is 0 Å². The van der Waals surface area contributed by atoms with Crippen molar-refractivity contribution in [1.29, 1.82) is 0 Å². The Morgan fingerprint density at radius 3 is 2.55 bits per heavy atom. The summed E-state index contributed by atoms with van der Waals surface area (Å²) in [6.45, 7) is 4.01. The van der Waals surface area contributed by atoms with Gasteiger partial charge in [-0.05, 0) is 30.5 Å². The van der Waals surface area contributed by atoms with Crippen LogP contribution >= 0.6 is 11.6 Å². The lowest BCUT2D eigenvalue weighted by atomic mass is 10.0. The van der Waals surface area contributed by atoms with E-state index in [4.69, 9.17) is 11.6 Å². The van der Waals surface area contributed by atoms with E-state index in [1.165, 1.54) is 5.56 Å². The van der Waals surface area contributed by atoms with Crippen molar-refractivity contribution < 1.29 is 13.2 Å². The predicted molar refractivity (Wildman–Crippen MR) is 79.8 cm³/mol. The minimum Gasteiger partial charge on any atom is -0.351 e. The Bertz CT molecular complexity index is 627. The lowest BCUT2D eigenvalue weighted by Gasteiger charge is -2.14. The molecule has 0 aromatic heterocycles. The number of sulfone groups is 1. The monoisotopic (exact) mass is 315 g/mol. The second-order valence-electron chi connectivity index (χ2n) is 5.36. The van der Waals surface area contributed by atoms with Crippen molar-refractivity contribution in [2.45, 2.75) is 31.7 Å². The predicted octanol–water partition coefficient (Wildman–Crippen LogP) is 1.37. The fourth-order valence-corrected chi connectivity index (χ4v) is 4.84. The van der Waals surface area contributed by atoms with E-state index in [0.717, 1.165) is 11.1 Å². The number of alkyl halides is 1. The van der Waals surface area contributed by atoms with Gasteiger partial charge in [-0.2, -0.15) is 0 Å². The van der Waals surface area contributed by atoms with E-state index >= 15 is 0 Å². The maximum atomic E-state index is 12.0. The molecule has 1 N–H and O–H groups in total. The highest BCUT2D eigenvalue weighted by atomic mass is 35.5. The molecule has 2 atom stereocenters. The molecular formula is C14H18ClNO3S. The summed E-state index contributed by atoms with van der Waals surface area (Å²) in [5.74, 6) is -0.329. The Kier molecular flexibility index (Phi) is 4.39. The van der Waals surface area contributed by atoms with Gasteiger partial charge in [-0.1, -0.05) is 18.2 Å². The Morgan fingerprint density at radius 2 is 2.00 bits per heavy atom. The van der Waals surface area contributed by atoms with Gasteiger partial charge in [0.25, 0.3) is 0 Å². The molecular weight excluding hydrogens is 298 g/mol. The number of nitrogens with one attached hydrogen (secondary N) is 1. The van der Waals surface area contributed by atoms with Crippen LogP contribution in [0, 0.1) is 13.8 Å². The molecule has 0 spiro atoms. The first-order valence-corrected chi connectivity index (χ1v) is 8.72. The lowest BCUT2D eigenvalue weighted by molar-refractivity contribution is -0.120. The number of carbonyl (C=O) groups excluding carboxylic acids is 1. The second-order valence-corrected chi connectivity index (χ2v) is 8.08. The van der Waals surface area contributed by atoms with Crippen LogP contribution in [-0.2, 0) is 21.1 Å². The first-order chi connectivity index (χ1) is 9.27. The van der Waals surface area contributed by atoms with E-state index in [9.17, 15) is 13.2 Å². The third-order valence-electron chi connectivity index (χ3n) is 3.57. The highest BCUT2D eigenvalue weighted by Crippen LogP contribution is 2.18. The lowest BCUT2D eigenvalue weighted by Crippen LogP contribution is -2.41. The molecule has 6 heteroatoms. The Morgan fingerprint density at radius 1 is 1.30 bits per heavy atom. The van der Waals surface area contributed by atoms with Crippen LogP contribution in [0.3, 0.4) is 0 Å². The summed E-state index contributed by atoms with van der Waals surface area (Å²) in [5, 5.41) is 2.18. The quantitative estimate of drug-likeness (QED) is 0.857. The largest absolute Gasteiger partial charge is 0.351 e. The zero-order chi connectivity index (χ0) is 14.9. The van der Waals surface area contributed by atoms with Crippen molar-refractivity contribution in [2.75, 3.05) is 11.5 Å². The first-order valence-electron chi connectivity index (χ1n) is 6.47. The van der Waals surface area contributed by atoms with Gasteiger partial charge in [-0.25, -0.2) is 8.42 Å². The molecule has 2 rings (SSSR count). The van der Waals surface area contributed by atoms with Gasteiger partial charge in [0.2, 0.25) is 5.91 Å². The number of aryl methyl sites for hydroxylation is 2. The molecule has 0 bridgehead atoms. The van der Waals surface area contributed by atoms with Crippen LogP contribution in [0.5, 0.6) is 0 Å². The average Bonchev–Trinajstić information content (AvgIpc) is 2.57. The summed E-state index contributed by atoms with van der Waals surface area (Å²) in [6.07, 6.45) is 0.237. The maximum Gasteiger partial charge on any atom is 0.224 e. The van der Waals surface area contributed by atoms with Crippen LogP contribution in [-0.4, -0.2) is 37.2 Å². The summed E-state index contributed by atoms with van der Waals surface area (Å²) in [4.78, 5) is 12.0.